The number of hydrogen-bond donors (Lipinski definition) is 3. The molecule has 2 atom stereocenters. The number of amides is 1. The Kier molecular flexibility index (Phi) is 6.92. The normalized spacial score (nSPS) is 18.3. The van der Waals surface area contributed by atoms with E-state index in [2.05, 4.69) is 48.4 Å². The molecule has 1 aliphatic rings. The summed E-state index contributed by atoms with van der Waals surface area (Å²) in [4.78, 5) is 15.3. The molecule has 1 aromatic heterocycles. The lowest BCUT2D eigenvalue weighted by atomic mass is 10.1. The Morgan fingerprint density at radius 2 is 1.97 bits per heavy atom. The Morgan fingerprint density at radius 3 is 2.66 bits per heavy atom. The molecular weight excluding hydrogens is 456 g/mol. The maximum atomic E-state index is 12.6. The number of anilines is 1. The Labute approximate surface area is 179 Å². The van der Waals surface area contributed by atoms with Gasteiger partial charge in [-0.3, -0.25) is 4.79 Å². The minimum Gasteiger partial charge on any atom is -0.366 e. The third-order valence-electron chi connectivity index (χ3n) is 4.87. The van der Waals surface area contributed by atoms with Crippen molar-refractivity contribution in [2.75, 3.05) is 18.4 Å². The molecule has 29 heavy (non-hydrogen) atoms. The maximum absolute atomic E-state index is 12.6. The molecule has 1 aliphatic carbocycles. The van der Waals surface area contributed by atoms with Crippen molar-refractivity contribution in [3.05, 3.63) is 52.1 Å². The molecule has 1 saturated carbocycles. The molecule has 9 heteroatoms. The van der Waals surface area contributed by atoms with Crippen molar-refractivity contribution in [1.82, 2.24) is 15.0 Å². The quantitative estimate of drug-likeness (QED) is 0.479. The molecule has 3 N–H and O–H groups in total. The van der Waals surface area contributed by atoms with Crippen molar-refractivity contribution in [2.45, 2.75) is 43.5 Å². The van der Waals surface area contributed by atoms with Crippen molar-refractivity contribution in [3.8, 4) is 0 Å². The van der Waals surface area contributed by atoms with Crippen molar-refractivity contribution in [3.63, 3.8) is 0 Å². The summed E-state index contributed by atoms with van der Waals surface area (Å²) < 4.78 is 28.4. The molecule has 1 heterocycles. The minimum absolute atomic E-state index is 0.134. The van der Waals surface area contributed by atoms with Crippen LogP contribution in [0, 0.1) is 6.92 Å². The van der Waals surface area contributed by atoms with Gasteiger partial charge in [0.25, 0.3) is 0 Å². The first-order chi connectivity index (χ1) is 13.8. The minimum atomic E-state index is -3.68. The second-order valence-electron chi connectivity index (χ2n) is 7.15. The lowest BCUT2D eigenvalue weighted by Gasteiger charge is -2.14. The first-order valence-electron chi connectivity index (χ1n) is 9.50. The number of nitrogens with zero attached hydrogens (tertiary/aromatic N) is 1. The van der Waals surface area contributed by atoms with E-state index in [1.165, 1.54) is 18.7 Å². The predicted octanol–water partition coefficient (Wildman–Crippen LogP) is 2.93. The molecule has 7 nitrogen and oxygen atoms in total. The number of carbonyl (C=O) groups excluding carboxylic acids is 1. The van der Waals surface area contributed by atoms with Gasteiger partial charge >= 0.3 is 0 Å². The Bertz CT molecular complexity index is 983. The number of benzene rings is 1. The van der Waals surface area contributed by atoms with Gasteiger partial charge in [0.15, 0.2) is 0 Å². The number of pyridine rings is 1. The summed E-state index contributed by atoms with van der Waals surface area (Å²) in [6, 6.07) is 10.6. The highest BCUT2D eigenvalue weighted by Gasteiger charge is 2.39. The Morgan fingerprint density at radius 1 is 1.24 bits per heavy atom. The van der Waals surface area contributed by atoms with Crippen molar-refractivity contribution >= 4 is 37.7 Å². The number of rotatable bonds is 9. The van der Waals surface area contributed by atoms with Crippen LogP contribution in [0.3, 0.4) is 0 Å². The van der Waals surface area contributed by atoms with E-state index in [1.54, 1.807) is 6.92 Å². The molecule has 2 aromatic rings. The molecule has 0 saturated heterocycles. The molecule has 1 fully saturated rings. The third kappa shape index (κ3) is 5.55. The van der Waals surface area contributed by atoms with Gasteiger partial charge in [0.2, 0.25) is 15.9 Å². The van der Waals surface area contributed by atoms with Crippen LogP contribution in [0.5, 0.6) is 0 Å². The summed E-state index contributed by atoms with van der Waals surface area (Å²) in [5, 5.41) is 6.05. The average molecular weight is 481 g/mol. The molecule has 156 valence electrons. The zero-order valence-electron chi connectivity index (χ0n) is 16.4. The number of nitrogens with one attached hydrogen (secondary N) is 3. The summed E-state index contributed by atoms with van der Waals surface area (Å²) in [6.07, 6.45) is 2.92. The highest BCUT2D eigenvalue weighted by molar-refractivity contribution is 9.10. The summed E-state index contributed by atoms with van der Waals surface area (Å²) in [7, 11) is -3.68. The molecule has 0 spiro atoms. The zero-order valence-corrected chi connectivity index (χ0v) is 18.8. The van der Waals surface area contributed by atoms with E-state index in [4.69, 9.17) is 0 Å². The van der Waals surface area contributed by atoms with Gasteiger partial charge in [0.1, 0.15) is 10.7 Å². The van der Waals surface area contributed by atoms with Crippen LogP contribution in [-0.2, 0) is 14.8 Å². The van der Waals surface area contributed by atoms with E-state index in [-0.39, 0.29) is 23.4 Å². The number of aromatic nitrogens is 1. The lowest BCUT2D eigenvalue weighted by Crippen LogP contribution is -2.29. The monoisotopic (exact) mass is 480 g/mol. The topological polar surface area (TPSA) is 100 Å². The average Bonchev–Trinajstić information content (AvgIpc) is 3.45. The number of sulfonamides is 1. The molecule has 0 aliphatic heterocycles. The Hall–Kier alpha value is -1.97. The van der Waals surface area contributed by atoms with E-state index in [1.807, 2.05) is 18.2 Å². The predicted molar refractivity (Wildman–Crippen MR) is 116 cm³/mol. The van der Waals surface area contributed by atoms with Gasteiger partial charge in [0, 0.05) is 38.2 Å². The molecule has 0 unspecified atom stereocenters. The van der Waals surface area contributed by atoms with Crippen molar-refractivity contribution in [1.29, 1.82) is 0 Å². The number of carbonyl (C=O) groups is 1. The number of hydrogen-bond acceptors (Lipinski definition) is 5. The van der Waals surface area contributed by atoms with Crippen LogP contribution in [0.25, 0.3) is 0 Å². The molecule has 1 amide bonds. The van der Waals surface area contributed by atoms with Crippen LogP contribution < -0.4 is 15.4 Å². The van der Waals surface area contributed by atoms with Crippen LogP contribution in [0.1, 0.15) is 36.8 Å². The van der Waals surface area contributed by atoms with Gasteiger partial charge in [-0.1, -0.05) is 30.3 Å². The van der Waals surface area contributed by atoms with Gasteiger partial charge < -0.3 is 10.6 Å². The van der Waals surface area contributed by atoms with E-state index in [0.717, 1.165) is 6.42 Å². The first kappa shape index (κ1) is 21.7. The van der Waals surface area contributed by atoms with E-state index < -0.39 is 10.0 Å². The summed E-state index contributed by atoms with van der Waals surface area (Å²) >= 11 is 3.50. The summed E-state index contributed by atoms with van der Waals surface area (Å²) in [6.45, 7) is 3.84. The standard InChI is InChI=1S/C20H25BrN4O3S/c1-13-18(29(27,28)24-10-6-9-22-14(2)26)12-23-20(19(13)21)25-17-11-16(17)15-7-4-3-5-8-15/h3-5,7-8,12,16-17,24H,6,9-11H2,1-2H3,(H,22,26)(H,23,25)/t16-,17+/m0/s1. The number of halogens is 1. The van der Waals surface area contributed by atoms with Crippen molar-refractivity contribution in [2.24, 2.45) is 0 Å². The SMILES string of the molecule is CC(=O)NCCCNS(=O)(=O)c1cnc(N[C@@H]2C[C@H]2c2ccccc2)c(Br)c1C. The molecular formula is C20H25BrN4O3S. The fraction of sp³-hybridized carbons (Fsp3) is 0.400. The van der Waals surface area contributed by atoms with E-state index in [9.17, 15) is 13.2 Å². The summed E-state index contributed by atoms with van der Waals surface area (Å²) in [5.41, 5.74) is 1.90. The van der Waals surface area contributed by atoms with Crippen LogP contribution in [0.15, 0.2) is 45.9 Å². The maximum Gasteiger partial charge on any atom is 0.242 e. The first-order valence-corrected chi connectivity index (χ1v) is 11.8. The van der Waals surface area contributed by atoms with Crippen LogP contribution in [-0.4, -0.2) is 38.4 Å². The fourth-order valence-electron chi connectivity index (χ4n) is 3.17. The molecule has 0 bridgehead atoms. The highest BCUT2D eigenvalue weighted by Crippen LogP contribution is 2.43. The molecule has 1 aromatic carbocycles. The third-order valence-corrected chi connectivity index (χ3v) is 7.41. The van der Waals surface area contributed by atoms with Gasteiger partial charge in [-0.15, -0.1) is 0 Å². The molecule has 3 rings (SSSR count). The lowest BCUT2D eigenvalue weighted by molar-refractivity contribution is -0.118. The van der Waals surface area contributed by atoms with Crippen molar-refractivity contribution < 1.29 is 13.2 Å². The fourth-order valence-corrected chi connectivity index (χ4v) is 5.00. The zero-order chi connectivity index (χ0) is 21.0. The highest BCUT2D eigenvalue weighted by atomic mass is 79.9. The van der Waals surface area contributed by atoms with E-state index in [0.29, 0.717) is 34.7 Å². The van der Waals surface area contributed by atoms with Gasteiger partial charge in [-0.05, 0) is 46.8 Å². The smallest absolute Gasteiger partial charge is 0.242 e. The summed E-state index contributed by atoms with van der Waals surface area (Å²) in [5.74, 6) is 0.958. The second-order valence-corrected chi connectivity index (χ2v) is 9.68. The van der Waals surface area contributed by atoms with Crippen LogP contribution in [0.2, 0.25) is 0 Å². The van der Waals surface area contributed by atoms with Gasteiger partial charge in [0.05, 0.1) is 4.47 Å². The van der Waals surface area contributed by atoms with Gasteiger partial charge in [-0.25, -0.2) is 18.1 Å². The van der Waals surface area contributed by atoms with Crippen LogP contribution in [0.4, 0.5) is 5.82 Å². The second kappa shape index (κ2) is 9.23. The Balaban J connectivity index is 1.62. The van der Waals surface area contributed by atoms with Gasteiger partial charge in [-0.2, -0.15) is 0 Å². The largest absolute Gasteiger partial charge is 0.366 e. The van der Waals surface area contributed by atoms with Crippen LogP contribution >= 0.6 is 15.9 Å². The molecule has 0 radical (unpaired) electrons. The van der Waals surface area contributed by atoms with E-state index >= 15 is 0 Å².